The van der Waals surface area contributed by atoms with Crippen molar-refractivity contribution in [3.63, 3.8) is 0 Å². The molecule has 4 rings (SSSR count). The molecule has 7 nitrogen and oxygen atoms in total. The Morgan fingerprint density at radius 2 is 1.75 bits per heavy atom. The third-order valence-electron chi connectivity index (χ3n) is 4.36. The normalized spacial score (nSPS) is 11.6. The molecule has 0 fully saturated rings. The van der Waals surface area contributed by atoms with Crippen LogP contribution in [0, 0.1) is 0 Å². The van der Waals surface area contributed by atoms with Gasteiger partial charge in [-0.2, -0.15) is 0 Å². The molecule has 2 heterocycles. The van der Waals surface area contributed by atoms with Gasteiger partial charge in [-0.25, -0.2) is 13.4 Å². The number of hydrogen-bond acceptors (Lipinski definition) is 5. The van der Waals surface area contributed by atoms with Crippen molar-refractivity contribution in [2.75, 3.05) is 13.4 Å². The third kappa shape index (κ3) is 4.19. The standard InChI is InChI=1S/C19H16N2O2.CH4O3S/c1-21-9-3-4-14-16(21)7-5-12-10-13-6-8-17(22)15(11-23-2)19(13)20-18(12)14;1-5(2,3)4/h3-10H,11H2,1-2H3;1H3,(H,2,3,4). The van der Waals surface area contributed by atoms with E-state index < -0.39 is 10.1 Å². The number of aryl methyl sites for hydroxylation is 1. The summed E-state index contributed by atoms with van der Waals surface area (Å²) in [4.78, 5) is 15.7. The first-order valence-corrected chi connectivity index (χ1v) is 10.3. The Morgan fingerprint density at radius 1 is 1.11 bits per heavy atom. The molecule has 1 N–H and O–H groups in total. The Kier molecular flexibility index (Phi) is 5.46. The number of pyridine rings is 2. The molecule has 0 bridgehead atoms. The molecular formula is C20H20N2O5S. The molecule has 0 aliphatic heterocycles. The van der Waals surface area contributed by atoms with E-state index in [0.29, 0.717) is 18.4 Å². The summed E-state index contributed by atoms with van der Waals surface area (Å²) in [6.45, 7) is 0.302. The van der Waals surface area contributed by atoms with E-state index in [2.05, 4.69) is 33.8 Å². The Bertz CT molecular complexity index is 1340. The molecular weight excluding hydrogens is 380 g/mol. The van der Waals surface area contributed by atoms with Gasteiger partial charge in [-0.3, -0.25) is 4.79 Å². The van der Waals surface area contributed by atoms with Crippen LogP contribution in [0.5, 0.6) is 0 Å². The predicted octanol–water partition coefficient (Wildman–Crippen LogP) is 1.97. The molecule has 2 aromatic carbocycles. The van der Waals surface area contributed by atoms with E-state index in [9.17, 15) is 4.79 Å². The number of aromatic amines is 1. The fraction of sp³-hybridized carbons (Fsp3) is 0.200. The van der Waals surface area contributed by atoms with Crippen LogP contribution in [0.15, 0.2) is 53.5 Å². The average Bonchev–Trinajstić information content (AvgIpc) is 2.62. The zero-order chi connectivity index (χ0) is 20.5. The van der Waals surface area contributed by atoms with Gasteiger partial charge in [0.1, 0.15) is 0 Å². The van der Waals surface area contributed by atoms with Gasteiger partial charge in [0, 0.05) is 37.4 Å². The van der Waals surface area contributed by atoms with Crippen LogP contribution in [0.1, 0.15) is 5.56 Å². The van der Waals surface area contributed by atoms with Gasteiger partial charge in [0.2, 0.25) is 11.0 Å². The second-order valence-electron chi connectivity index (χ2n) is 6.49. The highest BCUT2D eigenvalue weighted by molar-refractivity contribution is 7.84. The molecule has 0 aliphatic carbocycles. The Labute approximate surface area is 161 Å². The Morgan fingerprint density at radius 3 is 2.43 bits per heavy atom. The second-order valence-corrected chi connectivity index (χ2v) is 7.90. The number of ether oxygens (including phenoxy) is 1. The maximum absolute atomic E-state index is 12.2. The van der Waals surface area contributed by atoms with Crippen molar-refractivity contribution < 1.29 is 22.7 Å². The summed E-state index contributed by atoms with van der Waals surface area (Å²) in [6.07, 6.45) is 2.63. The SMILES string of the molecule is COCc1c(=O)ccc2cc3ccc4c(cccn4C)c3[nH+]c12.CS(=O)(=O)[O-]. The van der Waals surface area contributed by atoms with Gasteiger partial charge in [0.05, 0.1) is 33.2 Å². The smallest absolute Gasteiger partial charge is 0.220 e. The van der Waals surface area contributed by atoms with Gasteiger partial charge in [0.15, 0.2) is 5.43 Å². The van der Waals surface area contributed by atoms with E-state index in [1.807, 2.05) is 25.4 Å². The highest BCUT2D eigenvalue weighted by Crippen LogP contribution is 2.24. The Hall–Kier alpha value is -2.81. The fourth-order valence-corrected chi connectivity index (χ4v) is 3.21. The maximum Gasteiger partial charge on any atom is 0.220 e. The van der Waals surface area contributed by atoms with Gasteiger partial charge in [0.25, 0.3) is 0 Å². The Balaban J connectivity index is 0.000000403. The number of nitrogens with zero attached hydrogens (tertiary/aromatic N) is 1. The molecule has 8 heteroatoms. The van der Waals surface area contributed by atoms with Crippen LogP contribution in [0.4, 0.5) is 0 Å². The highest BCUT2D eigenvalue weighted by Gasteiger charge is 2.16. The van der Waals surface area contributed by atoms with E-state index >= 15 is 0 Å². The summed E-state index contributed by atoms with van der Waals surface area (Å²) < 4.78 is 34.5. The topological polar surface area (TPSA) is 103 Å². The van der Waals surface area contributed by atoms with E-state index in [-0.39, 0.29) is 5.43 Å². The van der Waals surface area contributed by atoms with Crippen LogP contribution in [0.2, 0.25) is 0 Å². The van der Waals surface area contributed by atoms with Crippen LogP contribution in [-0.4, -0.2) is 30.9 Å². The summed E-state index contributed by atoms with van der Waals surface area (Å²) in [5.41, 5.74) is 3.70. The molecule has 0 aliphatic rings. The van der Waals surface area contributed by atoms with E-state index in [4.69, 9.17) is 17.7 Å². The van der Waals surface area contributed by atoms with Crippen molar-refractivity contribution in [3.8, 4) is 0 Å². The molecule has 0 radical (unpaired) electrons. The lowest BCUT2D eigenvalue weighted by atomic mass is 10.0. The quantitative estimate of drug-likeness (QED) is 0.291. The van der Waals surface area contributed by atoms with Crippen molar-refractivity contribution in [1.82, 2.24) is 4.57 Å². The summed E-state index contributed by atoms with van der Waals surface area (Å²) in [7, 11) is -0.282. The minimum absolute atomic E-state index is 0.000687. The summed E-state index contributed by atoms with van der Waals surface area (Å²) in [6, 6.07) is 13.9. The molecule has 0 spiro atoms. The predicted molar refractivity (Wildman–Crippen MR) is 107 cm³/mol. The van der Waals surface area contributed by atoms with Crippen LogP contribution >= 0.6 is 0 Å². The lowest BCUT2D eigenvalue weighted by Gasteiger charge is -2.06. The fourth-order valence-electron chi connectivity index (χ4n) is 3.21. The lowest BCUT2D eigenvalue weighted by molar-refractivity contribution is -0.309. The molecule has 0 saturated heterocycles. The summed E-state index contributed by atoms with van der Waals surface area (Å²) in [5.74, 6) is 0. The first-order valence-electron chi connectivity index (χ1n) is 8.45. The molecule has 0 atom stereocenters. The minimum atomic E-state index is -3.92. The van der Waals surface area contributed by atoms with Gasteiger partial charge in [-0.05, 0) is 42.5 Å². The summed E-state index contributed by atoms with van der Waals surface area (Å²) >= 11 is 0. The molecule has 2 aromatic heterocycles. The number of benzene rings is 2. The third-order valence-corrected chi connectivity index (χ3v) is 4.36. The van der Waals surface area contributed by atoms with Crippen LogP contribution in [0.3, 0.4) is 0 Å². The molecule has 4 aromatic rings. The number of fused-ring (bicyclic) bond motifs is 4. The first kappa shape index (κ1) is 19.9. The van der Waals surface area contributed by atoms with Crippen molar-refractivity contribution in [3.05, 3.63) is 64.4 Å². The van der Waals surface area contributed by atoms with Crippen LogP contribution < -0.4 is 10.4 Å². The average molecular weight is 400 g/mol. The molecule has 146 valence electrons. The largest absolute Gasteiger partial charge is 0.748 e. The number of methoxy groups -OCH3 is 1. The number of rotatable bonds is 2. The van der Waals surface area contributed by atoms with Crippen molar-refractivity contribution in [2.45, 2.75) is 6.61 Å². The number of H-pyrrole nitrogens is 1. The van der Waals surface area contributed by atoms with Crippen molar-refractivity contribution >= 4 is 42.8 Å². The molecule has 0 saturated carbocycles. The zero-order valence-corrected chi connectivity index (χ0v) is 16.5. The number of nitrogens with one attached hydrogen (secondary N) is 1. The first-order chi connectivity index (χ1) is 13.2. The monoisotopic (exact) mass is 400 g/mol. The van der Waals surface area contributed by atoms with E-state index in [0.717, 1.165) is 32.7 Å². The highest BCUT2D eigenvalue weighted by atomic mass is 32.2. The number of hydrogen-bond donors (Lipinski definition) is 0. The maximum atomic E-state index is 12.2. The van der Waals surface area contributed by atoms with Gasteiger partial charge in [-0.15, -0.1) is 0 Å². The van der Waals surface area contributed by atoms with Crippen LogP contribution in [-0.2, 0) is 28.5 Å². The van der Waals surface area contributed by atoms with Crippen molar-refractivity contribution in [2.24, 2.45) is 7.05 Å². The molecule has 28 heavy (non-hydrogen) atoms. The lowest BCUT2D eigenvalue weighted by Crippen LogP contribution is -2.16. The molecule has 0 unspecified atom stereocenters. The second kappa shape index (κ2) is 7.67. The van der Waals surface area contributed by atoms with Gasteiger partial charge >= 0.3 is 0 Å². The van der Waals surface area contributed by atoms with E-state index in [1.165, 1.54) is 0 Å². The van der Waals surface area contributed by atoms with Gasteiger partial charge in [-0.1, -0.05) is 0 Å². The zero-order valence-electron chi connectivity index (χ0n) is 15.7. The summed E-state index contributed by atoms with van der Waals surface area (Å²) in [5, 5.41) is 3.27. The van der Waals surface area contributed by atoms with Crippen LogP contribution in [0.25, 0.3) is 32.7 Å². The van der Waals surface area contributed by atoms with Gasteiger partial charge < -0.3 is 13.9 Å². The van der Waals surface area contributed by atoms with E-state index in [1.54, 1.807) is 13.2 Å². The van der Waals surface area contributed by atoms with Crippen molar-refractivity contribution in [1.29, 1.82) is 0 Å². The minimum Gasteiger partial charge on any atom is -0.748 e. The number of aromatic nitrogens is 2. The molecule has 0 amide bonds.